The van der Waals surface area contributed by atoms with Gasteiger partial charge in [0.2, 0.25) is 0 Å². The second-order valence-corrected chi connectivity index (χ2v) is 5.16. The molecule has 1 N–H and O–H groups in total. The van der Waals surface area contributed by atoms with Gasteiger partial charge in [-0.1, -0.05) is 19.8 Å². The summed E-state index contributed by atoms with van der Waals surface area (Å²) in [7, 11) is 1.88. The molecule has 1 aliphatic rings. The van der Waals surface area contributed by atoms with Crippen LogP contribution in [0, 0.1) is 0 Å². The highest BCUT2D eigenvalue weighted by molar-refractivity contribution is 5.75. The first kappa shape index (κ1) is 12.3. The molecule has 1 aliphatic carbocycles. The molecule has 15 heavy (non-hydrogen) atoms. The van der Waals surface area contributed by atoms with Gasteiger partial charge in [0, 0.05) is 18.6 Å². The summed E-state index contributed by atoms with van der Waals surface area (Å²) >= 11 is 0. The lowest BCUT2D eigenvalue weighted by Crippen LogP contribution is -2.51. The second-order valence-electron chi connectivity index (χ2n) is 5.16. The summed E-state index contributed by atoms with van der Waals surface area (Å²) in [5.41, 5.74) is -0.0529. The van der Waals surface area contributed by atoms with Crippen LogP contribution >= 0.6 is 0 Å². The molecule has 0 unspecified atom stereocenters. The van der Waals surface area contributed by atoms with E-state index in [1.165, 1.54) is 12.8 Å². The Kier molecular flexibility index (Phi) is 4.00. The van der Waals surface area contributed by atoms with Crippen molar-refractivity contribution in [1.29, 1.82) is 0 Å². The number of rotatable bonds is 3. The predicted octanol–water partition coefficient (Wildman–Crippen LogP) is 2.76. The van der Waals surface area contributed by atoms with Crippen LogP contribution in [-0.4, -0.2) is 29.6 Å². The third kappa shape index (κ3) is 3.11. The third-order valence-electron chi connectivity index (χ3n) is 3.76. The Morgan fingerprint density at radius 3 is 2.40 bits per heavy atom. The molecule has 3 heteroatoms. The molecule has 3 nitrogen and oxygen atoms in total. The summed E-state index contributed by atoms with van der Waals surface area (Å²) in [6.07, 6.45) is 5.78. The van der Waals surface area contributed by atoms with Gasteiger partial charge < -0.3 is 10.2 Å². The van der Waals surface area contributed by atoms with Crippen LogP contribution < -0.4 is 5.32 Å². The summed E-state index contributed by atoms with van der Waals surface area (Å²) < 4.78 is 0. The highest BCUT2D eigenvalue weighted by Gasteiger charge is 2.27. The third-order valence-corrected chi connectivity index (χ3v) is 3.76. The quantitative estimate of drug-likeness (QED) is 0.766. The highest BCUT2D eigenvalue weighted by Crippen LogP contribution is 2.20. The van der Waals surface area contributed by atoms with Crippen LogP contribution in [0.25, 0.3) is 0 Å². The van der Waals surface area contributed by atoms with Crippen LogP contribution in [0.3, 0.4) is 0 Å². The van der Waals surface area contributed by atoms with Gasteiger partial charge in [-0.3, -0.25) is 0 Å². The molecule has 0 aromatic heterocycles. The van der Waals surface area contributed by atoms with Gasteiger partial charge in [-0.2, -0.15) is 0 Å². The summed E-state index contributed by atoms with van der Waals surface area (Å²) in [5.74, 6) is 0. The van der Waals surface area contributed by atoms with Gasteiger partial charge in [0.25, 0.3) is 0 Å². The zero-order valence-electron chi connectivity index (χ0n) is 10.5. The van der Waals surface area contributed by atoms with Crippen LogP contribution in [0.15, 0.2) is 0 Å². The molecule has 88 valence electrons. The first-order chi connectivity index (χ1) is 6.97. The van der Waals surface area contributed by atoms with Gasteiger partial charge in [0.05, 0.1) is 0 Å². The number of amides is 2. The van der Waals surface area contributed by atoms with E-state index >= 15 is 0 Å². The van der Waals surface area contributed by atoms with E-state index in [9.17, 15) is 4.79 Å². The molecule has 1 saturated carbocycles. The SMILES string of the molecule is CCC(C)(C)N(C)C(=O)NC1CCCC1. The minimum atomic E-state index is -0.0529. The van der Waals surface area contributed by atoms with Crippen molar-refractivity contribution >= 4 is 6.03 Å². The fourth-order valence-electron chi connectivity index (χ4n) is 1.85. The molecule has 0 spiro atoms. The zero-order chi connectivity index (χ0) is 11.5. The van der Waals surface area contributed by atoms with Gasteiger partial charge in [-0.05, 0) is 33.1 Å². The van der Waals surface area contributed by atoms with Crippen molar-refractivity contribution in [3.63, 3.8) is 0 Å². The fourth-order valence-corrected chi connectivity index (χ4v) is 1.85. The second kappa shape index (κ2) is 4.86. The molecule has 0 atom stereocenters. The van der Waals surface area contributed by atoms with E-state index in [4.69, 9.17) is 0 Å². The molecule has 0 radical (unpaired) electrons. The summed E-state index contributed by atoms with van der Waals surface area (Å²) in [6, 6.07) is 0.487. The van der Waals surface area contributed by atoms with Gasteiger partial charge in [0.1, 0.15) is 0 Å². The minimum absolute atomic E-state index is 0.0529. The molecule has 0 aromatic carbocycles. The lowest BCUT2D eigenvalue weighted by atomic mass is 10.0. The predicted molar refractivity (Wildman–Crippen MR) is 62.9 cm³/mol. The molecule has 0 heterocycles. The Labute approximate surface area is 93.2 Å². The van der Waals surface area contributed by atoms with Gasteiger partial charge in [-0.15, -0.1) is 0 Å². The number of hydrogen-bond donors (Lipinski definition) is 1. The zero-order valence-corrected chi connectivity index (χ0v) is 10.5. The van der Waals surface area contributed by atoms with E-state index in [1.807, 2.05) is 11.9 Å². The van der Waals surface area contributed by atoms with Crippen molar-refractivity contribution in [2.75, 3.05) is 7.05 Å². The topological polar surface area (TPSA) is 32.3 Å². The van der Waals surface area contributed by atoms with Crippen LogP contribution in [-0.2, 0) is 0 Å². The summed E-state index contributed by atoms with van der Waals surface area (Å²) in [6.45, 7) is 6.31. The largest absolute Gasteiger partial charge is 0.335 e. The number of carbonyl (C=O) groups excluding carboxylic acids is 1. The Balaban J connectivity index is 2.45. The number of nitrogens with one attached hydrogen (secondary N) is 1. The molecule has 0 aliphatic heterocycles. The normalized spacial score (nSPS) is 17.9. The lowest BCUT2D eigenvalue weighted by molar-refractivity contribution is 0.150. The van der Waals surface area contributed by atoms with Crippen molar-refractivity contribution in [3.8, 4) is 0 Å². The van der Waals surface area contributed by atoms with Crippen molar-refractivity contribution in [2.45, 2.75) is 64.5 Å². The molecule has 0 bridgehead atoms. The van der Waals surface area contributed by atoms with Gasteiger partial charge >= 0.3 is 6.03 Å². The summed E-state index contributed by atoms with van der Waals surface area (Å²) in [4.78, 5) is 13.7. The van der Waals surface area contributed by atoms with Crippen LogP contribution in [0.5, 0.6) is 0 Å². The van der Waals surface area contributed by atoms with Crippen LogP contribution in [0.4, 0.5) is 4.79 Å². The monoisotopic (exact) mass is 212 g/mol. The minimum Gasteiger partial charge on any atom is -0.335 e. The maximum absolute atomic E-state index is 11.9. The van der Waals surface area contributed by atoms with Crippen LogP contribution in [0.1, 0.15) is 52.9 Å². The van der Waals surface area contributed by atoms with E-state index in [0.29, 0.717) is 6.04 Å². The molecular weight excluding hydrogens is 188 g/mol. The Morgan fingerprint density at radius 1 is 1.40 bits per heavy atom. The van der Waals surface area contributed by atoms with Crippen molar-refractivity contribution in [2.24, 2.45) is 0 Å². The van der Waals surface area contributed by atoms with Crippen molar-refractivity contribution in [1.82, 2.24) is 10.2 Å². The van der Waals surface area contributed by atoms with Crippen LogP contribution in [0.2, 0.25) is 0 Å². The molecule has 0 aromatic rings. The van der Waals surface area contributed by atoms with E-state index in [0.717, 1.165) is 19.3 Å². The lowest BCUT2D eigenvalue weighted by Gasteiger charge is -2.35. The van der Waals surface area contributed by atoms with E-state index in [-0.39, 0.29) is 11.6 Å². The first-order valence-corrected chi connectivity index (χ1v) is 6.01. The van der Waals surface area contributed by atoms with E-state index in [1.54, 1.807) is 0 Å². The van der Waals surface area contributed by atoms with Crippen molar-refractivity contribution < 1.29 is 4.79 Å². The van der Waals surface area contributed by atoms with Gasteiger partial charge in [0.15, 0.2) is 0 Å². The van der Waals surface area contributed by atoms with Crippen molar-refractivity contribution in [3.05, 3.63) is 0 Å². The average Bonchev–Trinajstić information content (AvgIpc) is 2.69. The Hall–Kier alpha value is -0.730. The molecule has 0 saturated heterocycles. The van der Waals surface area contributed by atoms with E-state index < -0.39 is 0 Å². The fraction of sp³-hybridized carbons (Fsp3) is 0.917. The number of nitrogens with zero attached hydrogens (tertiary/aromatic N) is 1. The smallest absolute Gasteiger partial charge is 0.317 e. The Bertz CT molecular complexity index is 220. The average molecular weight is 212 g/mol. The standard InChI is InChI=1S/C12H24N2O/c1-5-12(2,3)14(4)11(15)13-10-8-6-7-9-10/h10H,5-9H2,1-4H3,(H,13,15). The van der Waals surface area contributed by atoms with E-state index in [2.05, 4.69) is 26.1 Å². The molecule has 1 rings (SSSR count). The Morgan fingerprint density at radius 2 is 1.93 bits per heavy atom. The maximum atomic E-state index is 11.9. The number of hydrogen-bond acceptors (Lipinski definition) is 1. The molecule has 1 fully saturated rings. The molecule has 2 amide bonds. The van der Waals surface area contributed by atoms with Gasteiger partial charge in [-0.25, -0.2) is 4.79 Å². The molecular formula is C12H24N2O. The number of urea groups is 1. The summed E-state index contributed by atoms with van der Waals surface area (Å²) in [5, 5.41) is 3.11. The maximum Gasteiger partial charge on any atom is 0.317 e. The first-order valence-electron chi connectivity index (χ1n) is 6.01. The number of carbonyl (C=O) groups is 1. The highest BCUT2D eigenvalue weighted by atomic mass is 16.2.